The first-order valence-corrected chi connectivity index (χ1v) is 7.65. The number of amides is 2. The van der Waals surface area contributed by atoms with Gasteiger partial charge in [0.15, 0.2) is 0 Å². The maximum atomic E-state index is 12.1. The molecule has 2 aromatic carbocycles. The van der Waals surface area contributed by atoms with Crippen molar-refractivity contribution in [3.05, 3.63) is 59.7 Å². The number of nitrogens with zero attached hydrogens (tertiary/aromatic N) is 2. The van der Waals surface area contributed by atoms with Crippen LogP contribution in [-0.4, -0.2) is 18.4 Å². The van der Waals surface area contributed by atoms with Gasteiger partial charge in [0.1, 0.15) is 0 Å². The topological polar surface area (TPSA) is 73.2 Å². The van der Waals surface area contributed by atoms with Crippen LogP contribution in [0.1, 0.15) is 24.5 Å². The molecule has 0 saturated heterocycles. The van der Waals surface area contributed by atoms with E-state index in [2.05, 4.69) is 5.32 Å². The lowest BCUT2D eigenvalue weighted by atomic mass is 10.2. The number of anilines is 2. The Labute approximate surface area is 141 Å². The Morgan fingerprint density at radius 1 is 1.17 bits per heavy atom. The molecule has 0 heterocycles. The first-order valence-electron chi connectivity index (χ1n) is 7.65. The zero-order valence-corrected chi connectivity index (χ0v) is 13.7. The largest absolute Gasteiger partial charge is 0.326 e. The summed E-state index contributed by atoms with van der Waals surface area (Å²) >= 11 is 0. The first-order chi connectivity index (χ1) is 11.5. The second kappa shape index (κ2) is 7.93. The van der Waals surface area contributed by atoms with Crippen molar-refractivity contribution in [2.45, 2.75) is 20.3 Å². The molecule has 2 rings (SSSR count). The second-order valence-corrected chi connectivity index (χ2v) is 5.45. The van der Waals surface area contributed by atoms with Crippen LogP contribution in [0.4, 0.5) is 11.4 Å². The molecular weight excluding hydrogens is 302 g/mol. The van der Waals surface area contributed by atoms with Gasteiger partial charge in [-0.25, -0.2) is 0 Å². The van der Waals surface area contributed by atoms with Crippen LogP contribution in [0, 0.1) is 18.3 Å². The molecule has 1 N–H and O–H groups in total. The van der Waals surface area contributed by atoms with Crippen LogP contribution in [0.2, 0.25) is 0 Å². The number of carbonyl (C=O) groups excluding carboxylic acids is 2. The Balaban J connectivity index is 2.04. The molecule has 0 saturated carbocycles. The van der Waals surface area contributed by atoms with Crippen LogP contribution in [-0.2, 0) is 9.59 Å². The zero-order valence-electron chi connectivity index (χ0n) is 13.7. The Morgan fingerprint density at radius 2 is 1.92 bits per heavy atom. The normalized spacial score (nSPS) is 9.88. The van der Waals surface area contributed by atoms with Gasteiger partial charge in [-0.15, -0.1) is 0 Å². The molecular formula is C19H19N3O2. The second-order valence-electron chi connectivity index (χ2n) is 5.45. The third-order valence-electron chi connectivity index (χ3n) is 3.65. The van der Waals surface area contributed by atoms with Crippen molar-refractivity contribution in [2.24, 2.45) is 0 Å². The Hall–Kier alpha value is -3.13. The summed E-state index contributed by atoms with van der Waals surface area (Å²) in [6.45, 7) is 3.62. The van der Waals surface area contributed by atoms with Crippen LogP contribution in [0.3, 0.4) is 0 Å². The maximum absolute atomic E-state index is 12.1. The van der Waals surface area contributed by atoms with E-state index in [9.17, 15) is 9.59 Å². The highest BCUT2D eigenvalue weighted by molar-refractivity contribution is 5.95. The predicted octanol–water partition coefficient (Wildman–Crippen LogP) is 3.25. The van der Waals surface area contributed by atoms with Gasteiger partial charge in [0, 0.05) is 31.3 Å². The van der Waals surface area contributed by atoms with Crippen LogP contribution in [0.15, 0.2) is 48.5 Å². The van der Waals surface area contributed by atoms with Crippen molar-refractivity contribution in [1.82, 2.24) is 0 Å². The van der Waals surface area contributed by atoms with Gasteiger partial charge in [-0.2, -0.15) is 5.26 Å². The number of hydrogen-bond acceptors (Lipinski definition) is 3. The molecule has 0 aliphatic rings. The van der Waals surface area contributed by atoms with E-state index in [1.54, 1.807) is 24.3 Å². The van der Waals surface area contributed by atoms with Gasteiger partial charge in [0.25, 0.3) is 0 Å². The van der Waals surface area contributed by atoms with E-state index in [-0.39, 0.29) is 24.8 Å². The molecule has 2 amide bonds. The molecule has 24 heavy (non-hydrogen) atoms. The summed E-state index contributed by atoms with van der Waals surface area (Å²) in [5, 5.41) is 11.8. The van der Waals surface area contributed by atoms with Gasteiger partial charge in [-0.3, -0.25) is 9.59 Å². The summed E-state index contributed by atoms with van der Waals surface area (Å²) in [5.74, 6) is -0.333. The summed E-state index contributed by atoms with van der Waals surface area (Å²) < 4.78 is 0. The van der Waals surface area contributed by atoms with E-state index < -0.39 is 0 Å². The minimum atomic E-state index is -0.172. The fraction of sp³-hybridized carbons (Fsp3) is 0.211. The Morgan fingerprint density at radius 3 is 2.58 bits per heavy atom. The Kier molecular flexibility index (Phi) is 5.69. The lowest BCUT2D eigenvalue weighted by Gasteiger charge is -2.21. The van der Waals surface area contributed by atoms with E-state index in [0.29, 0.717) is 11.3 Å². The van der Waals surface area contributed by atoms with E-state index in [1.807, 2.05) is 37.3 Å². The van der Waals surface area contributed by atoms with E-state index in [0.717, 1.165) is 11.3 Å². The van der Waals surface area contributed by atoms with Gasteiger partial charge in [0.05, 0.1) is 11.6 Å². The number of aryl methyl sites for hydroxylation is 1. The molecule has 0 radical (unpaired) electrons. The fourth-order valence-electron chi connectivity index (χ4n) is 2.35. The minimum absolute atomic E-state index is 0.160. The van der Waals surface area contributed by atoms with Crippen molar-refractivity contribution >= 4 is 23.2 Å². The number of nitrogens with one attached hydrogen (secondary N) is 1. The average Bonchev–Trinajstić information content (AvgIpc) is 2.57. The monoisotopic (exact) mass is 321 g/mol. The van der Waals surface area contributed by atoms with Crippen LogP contribution in [0.25, 0.3) is 0 Å². The SMILES string of the molecule is CC(=O)N(CCC(=O)Nc1ccccc1C)c1cccc(C#N)c1. The van der Waals surface area contributed by atoms with Crippen molar-refractivity contribution in [3.8, 4) is 6.07 Å². The molecule has 5 nitrogen and oxygen atoms in total. The quantitative estimate of drug-likeness (QED) is 0.918. The van der Waals surface area contributed by atoms with Crippen LogP contribution >= 0.6 is 0 Å². The van der Waals surface area contributed by atoms with Gasteiger partial charge < -0.3 is 10.2 Å². The smallest absolute Gasteiger partial charge is 0.226 e. The number of hydrogen-bond donors (Lipinski definition) is 1. The Bertz CT molecular complexity index is 793. The highest BCUT2D eigenvalue weighted by atomic mass is 16.2. The van der Waals surface area contributed by atoms with Gasteiger partial charge in [0.2, 0.25) is 11.8 Å². The summed E-state index contributed by atoms with van der Waals surface area (Å²) in [6.07, 6.45) is 0.171. The number of nitriles is 1. The van der Waals surface area contributed by atoms with Crippen molar-refractivity contribution in [3.63, 3.8) is 0 Å². The number of benzene rings is 2. The van der Waals surface area contributed by atoms with Crippen LogP contribution in [0.5, 0.6) is 0 Å². The van der Waals surface area contributed by atoms with Crippen molar-refractivity contribution < 1.29 is 9.59 Å². The fourth-order valence-corrected chi connectivity index (χ4v) is 2.35. The molecule has 0 aromatic heterocycles. The first kappa shape index (κ1) is 17.2. The highest BCUT2D eigenvalue weighted by Crippen LogP contribution is 2.17. The highest BCUT2D eigenvalue weighted by Gasteiger charge is 2.14. The summed E-state index contributed by atoms with van der Waals surface area (Å²) in [6, 6.07) is 16.4. The summed E-state index contributed by atoms with van der Waals surface area (Å²) in [7, 11) is 0. The van der Waals surface area contributed by atoms with Crippen LogP contribution < -0.4 is 10.2 Å². The van der Waals surface area contributed by atoms with Crippen molar-refractivity contribution in [2.75, 3.05) is 16.8 Å². The summed E-state index contributed by atoms with van der Waals surface area (Å²) in [5.41, 5.74) is 2.84. The van der Waals surface area contributed by atoms with Gasteiger partial charge >= 0.3 is 0 Å². The lowest BCUT2D eigenvalue weighted by Crippen LogP contribution is -2.32. The molecule has 0 fully saturated rings. The molecule has 0 bridgehead atoms. The third-order valence-corrected chi connectivity index (χ3v) is 3.65. The number of carbonyl (C=O) groups is 2. The third kappa shape index (κ3) is 4.43. The average molecular weight is 321 g/mol. The molecule has 122 valence electrons. The zero-order chi connectivity index (χ0) is 17.5. The maximum Gasteiger partial charge on any atom is 0.226 e. The molecule has 0 unspecified atom stereocenters. The molecule has 0 aliphatic carbocycles. The predicted molar refractivity (Wildman–Crippen MR) is 93.6 cm³/mol. The molecule has 0 atom stereocenters. The molecule has 0 aliphatic heterocycles. The van der Waals surface area contributed by atoms with Crippen molar-refractivity contribution in [1.29, 1.82) is 5.26 Å². The van der Waals surface area contributed by atoms with Gasteiger partial charge in [-0.1, -0.05) is 24.3 Å². The standard InChI is InChI=1S/C19H19N3O2/c1-14-6-3-4-9-18(14)21-19(24)10-11-22(15(2)23)17-8-5-7-16(12-17)13-20/h3-9,12H,10-11H2,1-2H3,(H,21,24). The molecule has 5 heteroatoms. The molecule has 0 spiro atoms. The van der Waals surface area contributed by atoms with Gasteiger partial charge in [-0.05, 0) is 36.8 Å². The summed E-state index contributed by atoms with van der Waals surface area (Å²) in [4.78, 5) is 25.5. The number of rotatable bonds is 5. The van der Waals surface area contributed by atoms with E-state index >= 15 is 0 Å². The van der Waals surface area contributed by atoms with E-state index in [1.165, 1.54) is 11.8 Å². The minimum Gasteiger partial charge on any atom is -0.326 e. The molecule has 2 aromatic rings. The number of para-hydroxylation sites is 1. The van der Waals surface area contributed by atoms with E-state index in [4.69, 9.17) is 5.26 Å². The lowest BCUT2D eigenvalue weighted by molar-refractivity contribution is -0.117.